The molecule has 0 aliphatic carbocycles. The number of hydrogen-bond donors (Lipinski definition) is 2. The minimum atomic E-state index is -0.939. The van der Waals surface area contributed by atoms with Crippen LogP contribution in [0.4, 0.5) is 0 Å². The fourth-order valence-electron chi connectivity index (χ4n) is 0.805. The SMILES string of the molecule is O=C(O)CCC(=O)CCCCO. The summed E-state index contributed by atoms with van der Waals surface area (Å²) in [7, 11) is 0. The summed E-state index contributed by atoms with van der Waals surface area (Å²) in [5.74, 6) is -0.976. The Morgan fingerprint density at radius 1 is 1.00 bits per heavy atom. The van der Waals surface area contributed by atoms with Crippen LogP contribution in [0.25, 0.3) is 0 Å². The van der Waals surface area contributed by atoms with E-state index in [0.29, 0.717) is 19.3 Å². The number of rotatable bonds is 7. The zero-order chi connectivity index (χ0) is 9.40. The molecule has 2 N–H and O–H groups in total. The summed E-state index contributed by atoms with van der Waals surface area (Å²) < 4.78 is 0. The largest absolute Gasteiger partial charge is 0.481 e. The Bertz CT molecular complexity index is 153. The van der Waals surface area contributed by atoms with Crippen molar-refractivity contribution in [1.29, 1.82) is 0 Å². The molecule has 0 bridgehead atoms. The quantitative estimate of drug-likeness (QED) is 0.554. The van der Waals surface area contributed by atoms with E-state index in [1.54, 1.807) is 0 Å². The fourth-order valence-corrected chi connectivity index (χ4v) is 0.805. The van der Waals surface area contributed by atoms with E-state index in [9.17, 15) is 9.59 Å². The van der Waals surface area contributed by atoms with Crippen LogP contribution >= 0.6 is 0 Å². The van der Waals surface area contributed by atoms with Gasteiger partial charge in [-0.15, -0.1) is 0 Å². The number of carboxylic acid groups (broad SMARTS) is 1. The molecule has 0 unspecified atom stereocenters. The standard InChI is InChI=1S/C8H14O4/c9-6-2-1-3-7(10)4-5-8(11)12/h9H,1-6H2,(H,11,12). The lowest BCUT2D eigenvalue weighted by atomic mass is 10.1. The highest BCUT2D eigenvalue weighted by atomic mass is 16.4. The van der Waals surface area contributed by atoms with Crippen LogP contribution < -0.4 is 0 Å². The number of ketones is 1. The average molecular weight is 174 g/mol. The summed E-state index contributed by atoms with van der Waals surface area (Å²) in [4.78, 5) is 20.9. The van der Waals surface area contributed by atoms with Crippen LogP contribution in [-0.2, 0) is 9.59 Å². The summed E-state index contributed by atoms with van der Waals surface area (Å²) in [5, 5.41) is 16.6. The highest BCUT2D eigenvalue weighted by molar-refractivity contribution is 5.82. The molecule has 0 saturated heterocycles. The van der Waals surface area contributed by atoms with Gasteiger partial charge >= 0.3 is 5.97 Å². The van der Waals surface area contributed by atoms with E-state index >= 15 is 0 Å². The van der Waals surface area contributed by atoms with Crippen LogP contribution in [0.1, 0.15) is 32.1 Å². The maximum atomic E-state index is 10.9. The van der Waals surface area contributed by atoms with Gasteiger partial charge in [0.05, 0.1) is 6.42 Å². The van der Waals surface area contributed by atoms with Gasteiger partial charge in [0.25, 0.3) is 0 Å². The van der Waals surface area contributed by atoms with Gasteiger partial charge in [-0.05, 0) is 12.8 Å². The zero-order valence-electron chi connectivity index (χ0n) is 6.95. The van der Waals surface area contributed by atoms with Crippen molar-refractivity contribution < 1.29 is 19.8 Å². The third-order valence-electron chi connectivity index (χ3n) is 1.48. The number of carbonyl (C=O) groups excluding carboxylic acids is 1. The van der Waals surface area contributed by atoms with Crippen molar-refractivity contribution in [2.45, 2.75) is 32.1 Å². The Hall–Kier alpha value is -0.900. The molecule has 0 rings (SSSR count). The van der Waals surface area contributed by atoms with Gasteiger partial charge in [-0.1, -0.05) is 0 Å². The second-order valence-electron chi connectivity index (χ2n) is 2.61. The van der Waals surface area contributed by atoms with Crippen LogP contribution in [0.5, 0.6) is 0 Å². The minimum absolute atomic E-state index is 0.0362. The molecule has 0 aliphatic heterocycles. The number of hydrogen-bond acceptors (Lipinski definition) is 3. The lowest BCUT2D eigenvalue weighted by Gasteiger charge is -1.96. The highest BCUT2D eigenvalue weighted by Crippen LogP contribution is 2.00. The van der Waals surface area contributed by atoms with E-state index in [4.69, 9.17) is 10.2 Å². The molecule has 4 nitrogen and oxygen atoms in total. The molecule has 0 aliphatic rings. The first-order valence-electron chi connectivity index (χ1n) is 4.01. The third kappa shape index (κ3) is 7.21. The molecule has 0 aromatic rings. The number of Topliss-reactive ketones (excluding diaryl/α,β-unsaturated/α-hetero) is 1. The molecule has 0 aromatic carbocycles. The Morgan fingerprint density at radius 2 is 1.67 bits per heavy atom. The molecule has 70 valence electrons. The van der Waals surface area contributed by atoms with Crippen LogP contribution in [-0.4, -0.2) is 28.6 Å². The lowest BCUT2D eigenvalue weighted by molar-refractivity contribution is -0.138. The molecule has 0 saturated carbocycles. The van der Waals surface area contributed by atoms with Crippen LogP contribution in [0, 0.1) is 0 Å². The van der Waals surface area contributed by atoms with Crippen molar-refractivity contribution in [3.8, 4) is 0 Å². The molecule has 0 radical (unpaired) electrons. The Kier molecular flexibility index (Phi) is 6.28. The predicted molar refractivity (Wildman–Crippen MR) is 42.8 cm³/mol. The monoisotopic (exact) mass is 174 g/mol. The summed E-state index contributed by atoms with van der Waals surface area (Å²) in [6, 6.07) is 0. The van der Waals surface area contributed by atoms with E-state index in [2.05, 4.69) is 0 Å². The maximum Gasteiger partial charge on any atom is 0.303 e. The van der Waals surface area contributed by atoms with Crippen LogP contribution in [0.3, 0.4) is 0 Å². The Balaban J connectivity index is 3.28. The number of carboxylic acids is 1. The summed E-state index contributed by atoms with van der Waals surface area (Å²) >= 11 is 0. The van der Waals surface area contributed by atoms with Gasteiger partial charge in [0.1, 0.15) is 5.78 Å². The van der Waals surface area contributed by atoms with Gasteiger partial charge < -0.3 is 10.2 Å². The number of carbonyl (C=O) groups is 2. The molecule has 0 aromatic heterocycles. The maximum absolute atomic E-state index is 10.9. The number of unbranched alkanes of at least 4 members (excludes halogenated alkanes) is 1. The third-order valence-corrected chi connectivity index (χ3v) is 1.48. The molecule has 4 heteroatoms. The number of aliphatic carboxylic acids is 1. The van der Waals surface area contributed by atoms with Gasteiger partial charge in [-0.3, -0.25) is 9.59 Å². The van der Waals surface area contributed by atoms with Gasteiger partial charge in [-0.25, -0.2) is 0 Å². The molecule has 0 amide bonds. The van der Waals surface area contributed by atoms with Gasteiger partial charge in [0.15, 0.2) is 0 Å². The van der Waals surface area contributed by atoms with Crippen molar-refractivity contribution in [2.75, 3.05) is 6.61 Å². The smallest absolute Gasteiger partial charge is 0.303 e. The topological polar surface area (TPSA) is 74.6 Å². The zero-order valence-corrected chi connectivity index (χ0v) is 6.95. The van der Waals surface area contributed by atoms with Crippen molar-refractivity contribution in [1.82, 2.24) is 0 Å². The predicted octanol–water partition coefficient (Wildman–Crippen LogP) is 0.583. The van der Waals surface area contributed by atoms with Crippen LogP contribution in [0.2, 0.25) is 0 Å². The Morgan fingerprint density at radius 3 is 2.17 bits per heavy atom. The van der Waals surface area contributed by atoms with Gasteiger partial charge in [0.2, 0.25) is 0 Å². The normalized spacial score (nSPS) is 9.75. The van der Waals surface area contributed by atoms with E-state index < -0.39 is 5.97 Å². The van der Waals surface area contributed by atoms with E-state index in [0.717, 1.165) is 0 Å². The molecule has 0 heterocycles. The van der Waals surface area contributed by atoms with Crippen molar-refractivity contribution in [2.24, 2.45) is 0 Å². The van der Waals surface area contributed by atoms with Crippen molar-refractivity contribution >= 4 is 11.8 Å². The molecule has 0 spiro atoms. The van der Waals surface area contributed by atoms with Crippen LogP contribution in [0.15, 0.2) is 0 Å². The molecular formula is C8H14O4. The second kappa shape index (κ2) is 6.79. The summed E-state index contributed by atoms with van der Waals surface area (Å²) in [6.07, 6.45) is 1.67. The number of aliphatic hydroxyl groups is 1. The Labute approximate surface area is 71.2 Å². The van der Waals surface area contributed by atoms with E-state index in [1.165, 1.54) is 0 Å². The first kappa shape index (κ1) is 11.1. The summed E-state index contributed by atoms with van der Waals surface area (Å²) in [6.45, 7) is 0.0895. The first-order chi connectivity index (χ1) is 5.66. The minimum Gasteiger partial charge on any atom is -0.481 e. The highest BCUT2D eigenvalue weighted by Gasteiger charge is 2.04. The fraction of sp³-hybridized carbons (Fsp3) is 0.750. The summed E-state index contributed by atoms with van der Waals surface area (Å²) in [5.41, 5.74) is 0. The number of aliphatic hydroxyl groups excluding tert-OH is 1. The molecule has 12 heavy (non-hydrogen) atoms. The van der Waals surface area contributed by atoms with Gasteiger partial charge in [-0.2, -0.15) is 0 Å². The van der Waals surface area contributed by atoms with E-state index in [1.807, 2.05) is 0 Å². The van der Waals surface area contributed by atoms with E-state index in [-0.39, 0.29) is 25.2 Å². The second-order valence-corrected chi connectivity index (χ2v) is 2.61. The van der Waals surface area contributed by atoms with Crippen molar-refractivity contribution in [3.05, 3.63) is 0 Å². The average Bonchev–Trinajstić information content (AvgIpc) is 2.01. The van der Waals surface area contributed by atoms with Crippen molar-refractivity contribution in [3.63, 3.8) is 0 Å². The molecule has 0 atom stereocenters. The molecule has 0 fully saturated rings. The van der Waals surface area contributed by atoms with Gasteiger partial charge in [0, 0.05) is 19.4 Å². The first-order valence-corrected chi connectivity index (χ1v) is 4.01. The molecular weight excluding hydrogens is 160 g/mol. The lowest BCUT2D eigenvalue weighted by Crippen LogP contribution is -2.03.